The van der Waals surface area contributed by atoms with Gasteiger partial charge >= 0.3 is 0 Å². The Balaban J connectivity index is 2.03. The summed E-state index contributed by atoms with van der Waals surface area (Å²) in [5.41, 5.74) is 1.95. The van der Waals surface area contributed by atoms with Gasteiger partial charge in [-0.2, -0.15) is 0 Å². The largest absolute Gasteiger partial charge is 0.309 e. The van der Waals surface area contributed by atoms with Crippen molar-refractivity contribution in [2.24, 2.45) is 0 Å². The van der Waals surface area contributed by atoms with Crippen LogP contribution in [-0.2, 0) is 13.1 Å². The van der Waals surface area contributed by atoms with E-state index in [0.29, 0.717) is 23.7 Å². The lowest BCUT2D eigenvalue weighted by Crippen LogP contribution is -2.14. The normalized spacial score (nSPS) is 11.0. The number of hydrogen-bond donors (Lipinski definition) is 1. The lowest BCUT2D eigenvalue weighted by Gasteiger charge is -2.09. The van der Waals surface area contributed by atoms with Gasteiger partial charge in [-0.15, -0.1) is 0 Å². The van der Waals surface area contributed by atoms with Gasteiger partial charge in [-0.25, -0.2) is 17.6 Å². The molecule has 0 unspecified atom stereocenters. The van der Waals surface area contributed by atoms with Gasteiger partial charge in [0.25, 0.3) is 0 Å². The van der Waals surface area contributed by atoms with Crippen LogP contribution in [0.3, 0.4) is 0 Å². The number of halogens is 4. The Labute approximate surface area is 120 Å². The molecule has 0 saturated heterocycles. The molecule has 2 rings (SSSR count). The molecule has 1 N–H and O–H groups in total. The molecule has 2 aromatic carbocycles. The maximum atomic E-state index is 13.5. The first-order chi connectivity index (χ1) is 9.88. The van der Waals surface area contributed by atoms with Crippen LogP contribution in [0.25, 0.3) is 0 Å². The quantitative estimate of drug-likeness (QED) is 0.660. The van der Waals surface area contributed by atoms with E-state index in [0.717, 1.165) is 11.6 Å². The van der Waals surface area contributed by atoms with Crippen LogP contribution in [0.4, 0.5) is 17.6 Å². The molecule has 0 fully saturated rings. The van der Waals surface area contributed by atoms with E-state index in [1.165, 1.54) is 0 Å². The first kappa shape index (κ1) is 15.5. The minimum absolute atomic E-state index is 0.0458. The Hall–Kier alpha value is -1.88. The Morgan fingerprint density at radius 2 is 1.33 bits per heavy atom. The highest BCUT2D eigenvalue weighted by Crippen LogP contribution is 2.16. The summed E-state index contributed by atoms with van der Waals surface area (Å²) in [6, 6.07) is 4.74. The molecule has 0 spiro atoms. The van der Waals surface area contributed by atoms with Crippen molar-refractivity contribution in [3.63, 3.8) is 0 Å². The second-order valence-corrected chi connectivity index (χ2v) is 5.00. The molecule has 0 amide bonds. The summed E-state index contributed by atoms with van der Waals surface area (Å²) in [5, 5.41) is 2.93. The highest BCUT2D eigenvalue weighted by atomic mass is 19.2. The van der Waals surface area contributed by atoms with Crippen molar-refractivity contribution in [2.45, 2.75) is 26.9 Å². The molecule has 0 aliphatic heterocycles. The number of nitrogens with one attached hydrogen (secondary N) is 1. The average molecular weight is 297 g/mol. The fraction of sp³-hybridized carbons (Fsp3) is 0.250. The predicted octanol–water partition coefficient (Wildman–Crippen LogP) is 4.15. The Kier molecular flexibility index (Phi) is 4.63. The third-order valence-electron chi connectivity index (χ3n) is 3.23. The monoisotopic (exact) mass is 297 g/mol. The van der Waals surface area contributed by atoms with Crippen LogP contribution in [0.15, 0.2) is 24.3 Å². The van der Waals surface area contributed by atoms with Crippen molar-refractivity contribution in [2.75, 3.05) is 0 Å². The molecule has 112 valence electrons. The zero-order chi connectivity index (χ0) is 15.6. The molecule has 0 aromatic heterocycles. The van der Waals surface area contributed by atoms with E-state index in [2.05, 4.69) is 5.32 Å². The number of aryl methyl sites for hydroxylation is 2. The van der Waals surface area contributed by atoms with Gasteiger partial charge < -0.3 is 5.32 Å². The van der Waals surface area contributed by atoms with Gasteiger partial charge in [0, 0.05) is 24.7 Å². The summed E-state index contributed by atoms with van der Waals surface area (Å²) in [4.78, 5) is 0. The Morgan fingerprint density at radius 3 is 1.95 bits per heavy atom. The van der Waals surface area contributed by atoms with Crippen LogP contribution in [0.2, 0.25) is 0 Å². The Morgan fingerprint density at radius 1 is 0.762 bits per heavy atom. The van der Waals surface area contributed by atoms with Gasteiger partial charge in [0.15, 0.2) is 11.6 Å². The second kappa shape index (κ2) is 6.26. The van der Waals surface area contributed by atoms with Crippen molar-refractivity contribution in [1.29, 1.82) is 0 Å². The van der Waals surface area contributed by atoms with E-state index in [4.69, 9.17) is 0 Å². The van der Waals surface area contributed by atoms with E-state index in [1.807, 2.05) is 0 Å². The minimum Gasteiger partial charge on any atom is -0.309 e. The first-order valence-corrected chi connectivity index (χ1v) is 6.48. The molecule has 21 heavy (non-hydrogen) atoms. The standard InChI is InChI=1S/C16H15F4N/c1-9-3-11(4-10(2)16(9)20)7-21-8-12-5-14(18)15(19)6-13(12)17/h3-6,21H,7-8H2,1-2H3. The number of rotatable bonds is 4. The molecule has 0 atom stereocenters. The molecule has 0 bridgehead atoms. The van der Waals surface area contributed by atoms with Crippen LogP contribution >= 0.6 is 0 Å². The lowest BCUT2D eigenvalue weighted by atomic mass is 10.1. The second-order valence-electron chi connectivity index (χ2n) is 5.00. The SMILES string of the molecule is Cc1cc(CNCc2cc(F)c(F)cc2F)cc(C)c1F. The van der Waals surface area contributed by atoms with Gasteiger partial charge in [0.1, 0.15) is 11.6 Å². The zero-order valence-corrected chi connectivity index (χ0v) is 11.7. The van der Waals surface area contributed by atoms with E-state index < -0.39 is 17.5 Å². The van der Waals surface area contributed by atoms with Gasteiger partial charge in [0.05, 0.1) is 0 Å². The third-order valence-corrected chi connectivity index (χ3v) is 3.23. The summed E-state index contributed by atoms with van der Waals surface area (Å²) < 4.78 is 52.8. The summed E-state index contributed by atoms with van der Waals surface area (Å²) >= 11 is 0. The fourth-order valence-electron chi connectivity index (χ4n) is 2.18. The van der Waals surface area contributed by atoms with Crippen molar-refractivity contribution >= 4 is 0 Å². The van der Waals surface area contributed by atoms with Crippen LogP contribution in [0.5, 0.6) is 0 Å². The third kappa shape index (κ3) is 3.61. The summed E-state index contributed by atoms with van der Waals surface area (Å²) in [6.07, 6.45) is 0. The van der Waals surface area contributed by atoms with Crippen molar-refractivity contribution in [3.8, 4) is 0 Å². The topological polar surface area (TPSA) is 12.0 Å². The average Bonchev–Trinajstić information content (AvgIpc) is 2.41. The van der Waals surface area contributed by atoms with Crippen LogP contribution in [-0.4, -0.2) is 0 Å². The number of benzene rings is 2. The highest BCUT2D eigenvalue weighted by Gasteiger charge is 2.10. The van der Waals surface area contributed by atoms with Crippen molar-refractivity contribution in [3.05, 3.63) is 69.8 Å². The zero-order valence-electron chi connectivity index (χ0n) is 11.7. The van der Waals surface area contributed by atoms with Crippen molar-refractivity contribution < 1.29 is 17.6 Å². The lowest BCUT2D eigenvalue weighted by molar-refractivity contribution is 0.486. The predicted molar refractivity (Wildman–Crippen MR) is 72.7 cm³/mol. The minimum atomic E-state index is -1.21. The molecular formula is C16H15F4N. The summed E-state index contributed by atoms with van der Waals surface area (Å²) in [6.45, 7) is 3.76. The van der Waals surface area contributed by atoms with E-state index >= 15 is 0 Å². The maximum absolute atomic E-state index is 13.5. The summed E-state index contributed by atoms with van der Waals surface area (Å²) in [7, 11) is 0. The molecule has 0 heterocycles. The number of hydrogen-bond acceptors (Lipinski definition) is 1. The van der Waals surface area contributed by atoms with E-state index in [1.54, 1.807) is 26.0 Å². The van der Waals surface area contributed by atoms with E-state index in [-0.39, 0.29) is 17.9 Å². The smallest absolute Gasteiger partial charge is 0.161 e. The van der Waals surface area contributed by atoms with Crippen LogP contribution in [0, 0.1) is 37.1 Å². The van der Waals surface area contributed by atoms with Gasteiger partial charge in [0.2, 0.25) is 0 Å². The molecule has 1 nitrogen and oxygen atoms in total. The van der Waals surface area contributed by atoms with Gasteiger partial charge in [-0.3, -0.25) is 0 Å². The van der Waals surface area contributed by atoms with Gasteiger partial charge in [-0.05, 0) is 36.6 Å². The molecular weight excluding hydrogens is 282 g/mol. The highest BCUT2D eigenvalue weighted by molar-refractivity contribution is 5.30. The fourth-order valence-corrected chi connectivity index (χ4v) is 2.18. The molecule has 5 heteroatoms. The summed E-state index contributed by atoms with van der Waals surface area (Å²) in [5.74, 6) is -3.33. The van der Waals surface area contributed by atoms with Crippen LogP contribution < -0.4 is 5.32 Å². The van der Waals surface area contributed by atoms with E-state index in [9.17, 15) is 17.6 Å². The first-order valence-electron chi connectivity index (χ1n) is 6.48. The van der Waals surface area contributed by atoms with Crippen molar-refractivity contribution in [1.82, 2.24) is 5.32 Å². The molecule has 0 aliphatic carbocycles. The van der Waals surface area contributed by atoms with Gasteiger partial charge in [-0.1, -0.05) is 12.1 Å². The Bertz CT molecular complexity index is 645. The molecule has 0 saturated carbocycles. The van der Waals surface area contributed by atoms with Crippen LogP contribution in [0.1, 0.15) is 22.3 Å². The molecule has 2 aromatic rings. The maximum Gasteiger partial charge on any atom is 0.161 e. The molecule has 0 radical (unpaired) electrons. The molecule has 0 aliphatic rings.